The molecule has 0 aliphatic carbocycles. The van der Waals surface area contributed by atoms with E-state index in [0.29, 0.717) is 17.7 Å². The van der Waals surface area contributed by atoms with E-state index in [2.05, 4.69) is 9.80 Å². The molecule has 32 heavy (non-hydrogen) atoms. The number of anilines is 1. The van der Waals surface area contributed by atoms with Crippen LogP contribution in [0.2, 0.25) is 0 Å². The molecule has 2 amide bonds. The highest BCUT2D eigenvalue weighted by molar-refractivity contribution is 7.10. The van der Waals surface area contributed by atoms with Crippen LogP contribution in [0.15, 0.2) is 60.0 Å². The fourth-order valence-corrected chi connectivity index (χ4v) is 5.37. The molecule has 0 bridgehead atoms. The number of piperazine rings is 1. The van der Waals surface area contributed by atoms with Gasteiger partial charge < -0.3 is 4.90 Å². The molecular weight excluding hydrogens is 425 g/mol. The molecule has 2 aromatic carbocycles. The van der Waals surface area contributed by atoms with E-state index in [1.807, 2.05) is 42.6 Å². The Morgan fingerprint density at radius 1 is 0.969 bits per heavy atom. The number of rotatable bonds is 5. The number of halogens is 1. The third kappa shape index (κ3) is 3.72. The van der Waals surface area contributed by atoms with E-state index in [1.54, 1.807) is 29.5 Å². The maximum absolute atomic E-state index is 13.5. The normalized spacial score (nSPS) is 17.7. The van der Waals surface area contributed by atoms with Crippen LogP contribution in [-0.4, -0.2) is 47.8 Å². The topological polar surface area (TPSA) is 43.9 Å². The highest BCUT2D eigenvalue weighted by atomic mass is 32.1. The second kappa shape index (κ2) is 8.48. The molecule has 1 aromatic heterocycles. The predicted octanol–water partition coefficient (Wildman–Crippen LogP) is 4.57. The van der Waals surface area contributed by atoms with Gasteiger partial charge in [-0.05, 0) is 48.2 Å². The number of thiophene rings is 1. The number of hydrogen-bond donors (Lipinski definition) is 0. The molecule has 164 valence electrons. The molecule has 7 heteroatoms. The van der Waals surface area contributed by atoms with Gasteiger partial charge in [0, 0.05) is 37.6 Å². The molecule has 0 saturated carbocycles. The second-order valence-corrected chi connectivity index (χ2v) is 9.24. The fraction of sp³-hybridized carbons (Fsp3) is 0.280. The molecule has 0 radical (unpaired) electrons. The van der Waals surface area contributed by atoms with Crippen molar-refractivity contribution in [2.24, 2.45) is 0 Å². The third-order valence-corrected chi connectivity index (χ3v) is 7.32. The zero-order valence-corrected chi connectivity index (χ0v) is 18.6. The van der Waals surface area contributed by atoms with Crippen LogP contribution in [-0.2, 0) is 6.54 Å². The molecule has 2 aliphatic heterocycles. The number of carbonyl (C=O) groups excluding carboxylic acids is 2. The lowest BCUT2D eigenvalue weighted by atomic mass is 10.1. The van der Waals surface area contributed by atoms with Gasteiger partial charge >= 0.3 is 0 Å². The average molecular weight is 450 g/mol. The maximum Gasteiger partial charge on any atom is 0.264 e. The van der Waals surface area contributed by atoms with Crippen LogP contribution in [0.4, 0.5) is 10.1 Å². The predicted molar refractivity (Wildman–Crippen MR) is 124 cm³/mol. The monoisotopic (exact) mass is 449 g/mol. The first kappa shape index (κ1) is 20.8. The lowest BCUT2D eigenvalue weighted by Crippen LogP contribution is -2.46. The number of benzene rings is 2. The lowest BCUT2D eigenvalue weighted by Gasteiger charge is -2.36. The SMILES string of the molecule is CC(c1cccs1)N1C(=O)c2cccc(N3CCN(Cc4cccc(F)c4)CC3)c2C1=O. The summed E-state index contributed by atoms with van der Waals surface area (Å²) >= 11 is 1.55. The van der Waals surface area contributed by atoms with Gasteiger partial charge in [0.25, 0.3) is 11.8 Å². The average Bonchev–Trinajstić information content (AvgIpc) is 3.42. The Hall–Kier alpha value is -3.03. The number of amides is 2. The summed E-state index contributed by atoms with van der Waals surface area (Å²) < 4.78 is 13.5. The van der Waals surface area contributed by atoms with Crippen molar-refractivity contribution in [3.8, 4) is 0 Å². The fourth-order valence-electron chi connectivity index (χ4n) is 4.60. The minimum atomic E-state index is -0.293. The number of carbonyl (C=O) groups is 2. The van der Waals surface area contributed by atoms with Crippen molar-refractivity contribution in [2.45, 2.75) is 19.5 Å². The van der Waals surface area contributed by atoms with E-state index < -0.39 is 0 Å². The van der Waals surface area contributed by atoms with Gasteiger partial charge in [-0.1, -0.05) is 24.3 Å². The van der Waals surface area contributed by atoms with E-state index in [1.165, 1.54) is 11.0 Å². The van der Waals surface area contributed by atoms with E-state index in [0.717, 1.165) is 42.3 Å². The van der Waals surface area contributed by atoms with Crippen LogP contribution in [0, 0.1) is 5.82 Å². The highest BCUT2D eigenvalue weighted by Crippen LogP contribution is 2.37. The first-order chi connectivity index (χ1) is 15.5. The van der Waals surface area contributed by atoms with Crippen LogP contribution < -0.4 is 4.90 Å². The number of imide groups is 1. The summed E-state index contributed by atoms with van der Waals surface area (Å²) in [6.45, 7) is 5.69. The van der Waals surface area contributed by atoms with Crippen LogP contribution in [0.1, 0.15) is 44.1 Å². The molecule has 1 saturated heterocycles. The summed E-state index contributed by atoms with van der Waals surface area (Å²) in [6, 6.07) is 15.8. The molecule has 5 rings (SSSR count). The Kier molecular flexibility index (Phi) is 5.53. The molecule has 5 nitrogen and oxygen atoms in total. The zero-order valence-electron chi connectivity index (χ0n) is 17.8. The first-order valence-electron chi connectivity index (χ1n) is 10.8. The molecule has 3 heterocycles. The molecule has 2 aliphatic rings. The number of nitrogens with zero attached hydrogens (tertiary/aromatic N) is 3. The van der Waals surface area contributed by atoms with Crippen LogP contribution in [0.25, 0.3) is 0 Å². The first-order valence-corrected chi connectivity index (χ1v) is 11.7. The van der Waals surface area contributed by atoms with E-state index >= 15 is 0 Å². The Morgan fingerprint density at radius 3 is 2.47 bits per heavy atom. The summed E-state index contributed by atoms with van der Waals surface area (Å²) in [5.74, 6) is -0.660. The summed E-state index contributed by atoms with van der Waals surface area (Å²) in [4.78, 5) is 33.3. The quantitative estimate of drug-likeness (QED) is 0.536. The van der Waals surface area contributed by atoms with E-state index in [4.69, 9.17) is 0 Å². The van der Waals surface area contributed by atoms with Gasteiger partial charge in [-0.15, -0.1) is 11.3 Å². The van der Waals surface area contributed by atoms with Crippen LogP contribution in [0.3, 0.4) is 0 Å². The minimum Gasteiger partial charge on any atom is -0.368 e. The molecule has 1 atom stereocenters. The maximum atomic E-state index is 13.5. The Bertz CT molecular complexity index is 1160. The van der Waals surface area contributed by atoms with Crippen molar-refractivity contribution < 1.29 is 14.0 Å². The van der Waals surface area contributed by atoms with Crippen molar-refractivity contribution in [1.29, 1.82) is 0 Å². The van der Waals surface area contributed by atoms with Gasteiger partial charge in [-0.3, -0.25) is 19.4 Å². The van der Waals surface area contributed by atoms with Crippen molar-refractivity contribution in [2.75, 3.05) is 31.1 Å². The molecule has 1 unspecified atom stereocenters. The van der Waals surface area contributed by atoms with Gasteiger partial charge in [-0.25, -0.2) is 4.39 Å². The van der Waals surface area contributed by atoms with Crippen molar-refractivity contribution in [3.63, 3.8) is 0 Å². The van der Waals surface area contributed by atoms with Gasteiger partial charge in [0.2, 0.25) is 0 Å². The van der Waals surface area contributed by atoms with Gasteiger partial charge in [0.1, 0.15) is 5.82 Å². The third-order valence-electron chi connectivity index (χ3n) is 6.27. The summed E-state index contributed by atoms with van der Waals surface area (Å²) in [6.07, 6.45) is 0. The minimum absolute atomic E-state index is 0.217. The van der Waals surface area contributed by atoms with Gasteiger partial charge in [0.15, 0.2) is 0 Å². The molecule has 3 aromatic rings. The van der Waals surface area contributed by atoms with E-state index in [-0.39, 0.29) is 23.7 Å². The standard InChI is InChI=1S/C25H24FN3O2S/c1-17(22-9-4-14-32-22)29-24(30)20-7-3-8-21(23(20)25(29)31)28-12-10-27(11-13-28)16-18-5-2-6-19(26)15-18/h2-9,14-15,17H,10-13,16H2,1H3. The zero-order chi connectivity index (χ0) is 22.2. The lowest BCUT2D eigenvalue weighted by molar-refractivity contribution is 0.0598. The van der Waals surface area contributed by atoms with Crippen molar-refractivity contribution in [3.05, 3.63) is 87.4 Å². The summed E-state index contributed by atoms with van der Waals surface area (Å²) in [5, 5.41) is 1.96. The number of fused-ring (bicyclic) bond motifs is 1. The Morgan fingerprint density at radius 2 is 1.75 bits per heavy atom. The number of hydrogen-bond acceptors (Lipinski definition) is 5. The second-order valence-electron chi connectivity index (χ2n) is 8.26. The van der Waals surface area contributed by atoms with Gasteiger partial charge in [0.05, 0.1) is 22.9 Å². The van der Waals surface area contributed by atoms with Crippen molar-refractivity contribution >= 4 is 28.8 Å². The summed E-state index contributed by atoms with van der Waals surface area (Å²) in [7, 11) is 0. The summed E-state index contributed by atoms with van der Waals surface area (Å²) in [5.41, 5.74) is 2.78. The molecular formula is C25H24FN3O2S. The molecule has 1 fully saturated rings. The molecule has 0 N–H and O–H groups in total. The Balaban J connectivity index is 1.33. The molecule has 0 spiro atoms. The van der Waals surface area contributed by atoms with Crippen molar-refractivity contribution in [1.82, 2.24) is 9.80 Å². The largest absolute Gasteiger partial charge is 0.368 e. The smallest absolute Gasteiger partial charge is 0.264 e. The highest BCUT2D eigenvalue weighted by Gasteiger charge is 2.41. The van der Waals surface area contributed by atoms with Crippen LogP contribution in [0.5, 0.6) is 0 Å². The van der Waals surface area contributed by atoms with Crippen LogP contribution >= 0.6 is 11.3 Å². The Labute approximate surface area is 190 Å². The van der Waals surface area contributed by atoms with E-state index in [9.17, 15) is 14.0 Å². The van der Waals surface area contributed by atoms with Gasteiger partial charge in [-0.2, -0.15) is 0 Å².